The van der Waals surface area contributed by atoms with Crippen LogP contribution in [0.2, 0.25) is 0 Å². The molecule has 1 N–H and O–H groups in total. The molecule has 1 heterocycles. The zero-order chi connectivity index (χ0) is 16.7. The molecule has 24 heavy (non-hydrogen) atoms. The molecule has 6 nitrogen and oxygen atoms in total. The van der Waals surface area contributed by atoms with Gasteiger partial charge in [-0.25, -0.2) is 0 Å². The Morgan fingerprint density at radius 3 is 2.79 bits per heavy atom. The van der Waals surface area contributed by atoms with Crippen LogP contribution < -0.4 is 14.8 Å². The van der Waals surface area contributed by atoms with Gasteiger partial charge in [-0.15, -0.1) is 12.4 Å². The lowest BCUT2D eigenvalue weighted by Crippen LogP contribution is -2.41. The molecular formula is C17H24ClN3O3. The number of nitriles is 1. The van der Waals surface area contributed by atoms with Crippen LogP contribution in [0.3, 0.4) is 0 Å². The summed E-state index contributed by atoms with van der Waals surface area (Å²) in [6.45, 7) is 1.65. The van der Waals surface area contributed by atoms with Crippen molar-refractivity contribution in [2.75, 3.05) is 33.9 Å². The predicted octanol–water partition coefficient (Wildman–Crippen LogP) is 1.77. The van der Waals surface area contributed by atoms with E-state index < -0.39 is 0 Å². The average molecular weight is 354 g/mol. The second kappa shape index (κ2) is 10.0. The van der Waals surface area contributed by atoms with Crippen molar-refractivity contribution in [3.8, 4) is 17.6 Å². The number of benzene rings is 1. The van der Waals surface area contributed by atoms with Gasteiger partial charge in [-0.3, -0.25) is 4.79 Å². The number of carbonyl (C=O) groups is 1. The van der Waals surface area contributed by atoms with Gasteiger partial charge in [-0.1, -0.05) is 6.07 Å². The molecule has 2 rings (SSSR count). The van der Waals surface area contributed by atoms with Crippen LogP contribution in [0.4, 0.5) is 0 Å². The molecule has 1 aliphatic rings. The van der Waals surface area contributed by atoms with Crippen LogP contribution in [-0.4, -0.2) is 50.7 Å². The number of likely N-dealkylation sites (tertiary alicyclic amines) is 1. The minimum atomic E-state index is -0.254. The molecule has 1 aromatic rings. The van der Waals surface area contributed by atoms with E-state index in [0.717, 1.165) is 24.8 Å². The average Bonchev–Trinajstić information content (AvgIpc) is 3.07. The summed E-state index contributed by atoms with van der Waals surface area (Å²) < 4.78 is 10.5. The SMILES string of the molecule is COc1ccc(CCNCC(=O)N2CCC[C@H]2C#N)cc1OC.Cl. The number of ether oxygens (including phenoxy) is 2. The summed E-state index contributed by atoms with van der Waals surface area (Å²) in [4.78, 5) is 13.8. The first-order valence-electron chi connectivity index (χ1n) is 7.80. The van der Waals surface area contributed by atoms with Crippen LogP contribution in [0, 0.1) is 11.3 Å². The molecule has 0 bridgehead atoms. The lowest BCUT2D eigenvalue weighted by Gasteiger charge is -2.19. The number of hydrogen-bond donors (Lipinski definition) is 1. The Morgan fingerprint density at radius 2 is 2.12 bits per heavy atom. The lowest BCUT2D eigenvalue weighted by atomic mass is 10.1. The Hall–Kier alpha value is -1.97. The van der Waals surface area contributed by atoms with E-state index in [0.29, 0.717) is 24.6 Å². The first-order valence-corrected chi connectivity index (χ1v) is 7.80. The van der Waals surface area contributed by atoms with Gasteiger partial charge in [0.15, 0.2) is 11.5 Å². The molecule has 0 aliphatic carbocycles. The molecule has 0 unspecified atom stereocenters. The number of amides is 1. The van der Waals surface area contributed by atoms with Crippen LogP contribution >= 0.6 is 12.4 Å². The van der Waals surface area contributed by atoms with E-state index in [1.807, 2.05) is 18.2 Å². The molecule has 1 saturated heterocycles. The van der Waals surface area contributed by atoms with Crippen LogP contribution in [0.5, 0.6) is 11.5 Å². The van der Waals surface area contributed by atoms with E-state index in [2.05, 4.69) is 11.4 Å². The predicted molar refractivity (Wildman–Crippen MR) is 93.7 cm³/mol. The Kier molecular flexibility index (Phi) is 8.37. The zero-order valence-corrected chi connectivity index (χ0v) is 14.9. The minimum Gasteiger partial charge on any atom is -0.493 e. The number of halogens is 1. The number of methoxy groups -OCH3 is 2. The molecule has 0 radical (unpaired) electrons. The van der Waals surface area contributed by atoms with Crippen molar-refractivity contribution >= 4 is 18.3 Å². The lowest BCUT2D eigenvalue weighted by molar-refractivity contribution is -0.130. The molecule has 1 aromatic carbocycles. The molecule has 1 aliphatic heterocycles. The van der Waals surface area contributed by atoms with Crippen molar-refractivity contribution < 1.29 is 14.3 Å². The van der Waals surface area contributed by atoms with Gasteiger partial charge < -0.3 is 19.7 Å². The van der Waals surface area contributed by atoms with Crippen LogP contribution in [0.1, 0.15) is 18.4 Å². The Balaban J connectivity index is 0.00000288. The minimum absolute atomic E-state index is 0. The van der Waals surface area contributed by atoms with E-state index >= 15 is 0 Å². The van der Waals surface area contributed by atoms with Crippen molar-refractivity contribution in [3.05, 3.63) is 23.8 Å². The molecule has 0 aromatic heterocycles. The van der Waals surface area contributed by atoms with Gasteiger partial charge in [-0.05, 0) is 43.5 Å². The highest BCUT2D eigenvalue weighted by Crippen LogP contribution is 2.27. The summed E-state index contributed by atoms with van der Waals surface area (Å²) in [6.07, 6.45) is 2.48. The topological polar surface area (TPSA) is 74.6 Å². The molecule has 0 spiro atoms. The summed E-state index contributed by atoms with van der Waals surface area (Å²) in [7, 11) is 3.22. The third-order valence-electron chi connectivity index (χ3n) is 4.04. The quantitative estimate of drug-likeness (QED) is 0.756. The largest absolute Gasteiger partial charge is 0.493 e. The van der Waals surface area contributed by atoms with Gasteiger partial charge >= 0.3 is 0 Å². The monoisotopic (exact) mass is 353 g/mol. The second-order valence-electron chi connectivity index (χ2n) is 5.49. The third kappa shape index (κ3) is 5.02. The maximum atomic E-state index is 12.1. The van der Waals surface area contributed by atoms with Gasteiger partial charge in [0, 0.05) is 6.54 Å². The molecule has 1 amide bonds. The Morgan fingerprint density at radius 1 is 1.38 bits per heavy atom. The molecule has 0 saturated carbocycles. The van der Waals surface area contributed by atoms with E-state index in [4.69, 9.17) is 14.7 Å². The Bertz CT molecular complexity index is 589. The fourth-order valence-corrected chi connectivity index (χ4v) is 2.77. The fraction of sp³-hybridized carbons (Fsp3) is 0.529. The van der Waals surface area contributed by atoms with Crippen molar-refractivity contribution in [2.45, 2.75) is 25.3 Å². The molecular weight excluding hydrogens is 330 g/mol. The van der Waals surface area contributed by atoms with Crippen molar-refractivity contribution in [3.63, 3.8) is 0 Å². The van der Waals surface area contributed by atoms with Gasteiger partial charge in [0.05, 0.1) is 26.8 Å². The number of nitrogens with one attached hydrogen (secondary N) is 1. The smallest absolute Gasteiger partial charge is 0.237 e. The maximum absolute atomic E-state index is 12.1. The maximum Gasteiger partial charge on any atom is 0.237 e. The van der Waals surface area contributed by atoms with Gasteiger partial charge in [0.25, 0.3) is 0 Å². The first-order chi connectivity index (χ1) is 11.2. The highest BCUT2D eigenvalue weighted by molar-refractivity contribution is 5.85. The third-order valence-corrected chi connectivity index (χ3v) is 4.04. The van der Waals surface area contributed by atoms with Gasteiger partial charge in [0.2, 0.25) is 5.91 Å². The van der Waals surface area contributed by atoms with E-state index in [1.54, 1.807) is 19.1 Å². The van der Waals surface area contributed by atoms with Crippen molar-refractivity contribution in [2.24, 2.45) is 0 Å². The van der Waals surface area contributed by atoms with E-state index in [1.165, 1.54) is 0 Å². The van der Waals surface area contributed by atoms with Crippen LogP contribution in [-0.2, 0) is 11.2 Å². The van der Waals surface area contributed by atoms with E-state index in [9.17, 15) is 4.79 Å². The molecule has 1 atom stereocenters. The first kappa shape index (κ1) is 20.1. The summed E-state index contributed by atoms with van der Waals surface area (Å²) in [5, 5.41) is 12.2. The normalized spacial score (nSPS) is 16.2. The Labute approximate surface area is 149 Å². The zero-order valence-electron chi connectivity index (χ0n) is 14.1. The summed E-state index contributed by atoms with van der Waals surface area (Å²) >= 11 is 0. The standard InChI is InChI=1S/C17H23N3O3.ClH/c1-22-15-6-5-13(10-16(15)23-2)7-8-19-12-17(21)20-9-3-4-14(20)11-18;/h5-6,10,14,19H,3-4,7-9,12H2,1-2H3;1H/t14-;/m0./s1. The number of hydrogen-bond acceptors (Lipinski definition) is 5. The van der Waals surface area contributed by atoms with E-state index in [-0.39, 0.29) is 30.9 Å². The van der Waals surface area contributed by atoms with Crippen LogP contribution in [0.25, 0.3) is 0 Å². The van der Waals surface area contributed by atoms with Crippen molar-refractivity contribution in [1.29, 1.82) is 5.26 Å². The molecule has 1 fully saturated rings. The molecule has 7 heteroatoms. The number of carbonyl (C=O) groups excluding carboxylic acids is 1. The number of nitrogens with zero attached hydrogens (tertiary/aromatic N) is 2. The second-order valence-corrected chi connectivity index (χ2v) is 5.49. The summed E-state index contributed by atoms with van der Waals surface area (Å²) in [5.41, 5.74) is 1.11. The summed E-state index contributed by atoms with van der Waals surface area (Å²) in [6, 6.07) is 7.73. The van der Waals surface area contributed by atoms with Crippen molar-refractivity contribution in [1.82, 2.24) is 10.2 Å². The summed E-state index contributed by atoms with van der Waals surface area (Å²) in [5.74, 6) is 1.41. The highest BCUT2D eigenvalue weighted by Gasteiger charge is 2.27. The highest BCUT2D eigenvalue weighted by atomic mass is 35.5. The number of rotatable bonds is 7. The van der Waals surface area contributed by atoms with Gasteiger partial charge in [-0.2, -0.15) is 5.26 Å². The fourth-order valence-electron chi connectivity index (χ4n) is 2.77. The van der Waals surface area contributed by atoms with Crippen LogP contribution in [0.15, 0.2) is 18.2 Å². The van der Waals surface area contributed by atoms with Gasteiger partial charge in [0.1, 0.15) is 6.04 Å². The molecule has 132 valence electrons.